The third-order valence-corrected chi connectivity index (χ3v) is 2.72. The van der Waals surface area contributed by atoms with Gasteiger partial charge in [0.2, 0.25) is 0 Å². The molecule has 1 aromatic heterocycles. The zero-order chi connectivity index (χ0) is 12.8. The maximum atomic E-state index is 8.57. The largest absolute Gasteiger partial charge is 0.493 e. The molecule has 0 N–H and O–H groups in total. The predicted octanol–water partition coefficient (Wildman–Crippen LogP) is 2.11. The van der Waals surface area contributed by atoms with E-state index in [9.17, 15) is 0 Å². The first-order chi connectivity index (χ1) is 8.79. The fourth-order valence-corrected chi connectivity index (χ4v) is 1.69. The molecule has 0 amide bonds. The molecule has 0 aliphatic carbocycles. The van der Waals surface area contributed by atoms with E-state index in [1.807, 2.05) is 42.1 Å². The van der Waals surface area contributed by atoms with Crippen molar-refractivity contribution in [3.8, 4) is 11.8 Å². The standard InChI is InChI=1S/C14H15N3O/c1-17-10-9-16-14(17)7-11-18-13-4-2-12(3-5-13)6-8-15/h2-5,9-10H,6-7,11H2,1H3. The fraction of sp³-hybridized carbons (Fsp3) is 0.286. The van der Waals surface area contributed by atoms with E-state index in [-0.39, 0.29) is 0 Å². The Balaban J connectivity index is 1.83. The van der Waals surface area contributed by atoms with Gasteiger partial charge in [-0.15, -0.1) is 0 Å². The highest BCUT2D eigenvalue weighted by atomic mass is 16.5. The number of ether oxygens (including phenoxy) is 1. The van der Waals surface area contributed by atoms with Gasteiger partial charge in [-0.1, -0.05) is 12.1 Å². The summed E-state index contributed by atoms with van der Waals surface area (Å²) in [6.45, 7) is 0.600. The first kappa shape index (κ1) is 12.2. The average Bonchev–Trinajstić information content (AvgIpc) is 2.78. The summed E-state index contributed by atoms with van der Waals surface area (Å²) < 4.78 is 7.62. The van der Waals surface area contributed by atoms with Gasteiger partial charge < -0.3 is 9.30 Å². The van der Waals surface area contributed by atoms with Gasteiger partial charge in [-0.25, -0.2) is 4.98 Å². The van der Waals surface area contributed by atoms with Crippen LogP contribution in [0.3, 0.4) is 0 Å². The van der Waals surface area contributed by atoms with E-state index >= 15 is 0 Å². The summed E-state index contributed by atoms with van der Waals surface area (Å²) >= 11 is 0. The molecule has 0 saturated heterocycles. The van der Waals surface area contributed by atoms with E-state index < -0.39 is 0 Å². The third-order valence-electron chi connectivity index (χ3n) is 2.72. The number of aromatic nitrogens is 2. The molecule has 0 aliphatic heterocycles. The van der Waals surface area contributed by atoms with Crippen molar-refractivity contribution in [2.24, 2.45) is 7.05 Å². The number of hydrogen-bond acceptors (Lipinski definition) is 3. The number of nitriles is 1. The molecule has 1 aromatic carbocycles. The van der Waals surface area contributed by atoms with Crippen LogP contribution in [0, 0.1) is 11.3 Å². The van der Waals surface area contributed by atoms with Crippen LogP contribution in [0.2, 0.25) is 0 Å². The van der Waals surface area contributed by atoms with Crippen LogP contribution < -0.4 is 4.74 Å². The highest BCUT2D eigenvalue weighted by molar-refractivity contribution is 5.28. The van der Waals surface area contributed by atoms with Crippen LogP contribution in [-0.2, 0) is 19.9 Å². The van der Waals surface area contributed by atoms with Crippen molar-refractivity contribution in [1.82, 2.24) is 9.55 Å². The normalized spacial score (nSPS) is 10.0. The van der Waals surface area contributed by atoms with Crippen LogP contribution >= 0.6 is 0 Å². The minimum absolute atomic E-state index is 0.438. The lowest BCUT2D eigenvalue weighted by Crippen LogP contribution is -2.06. The summed E-state index contributed by atoms with van der Waals surface area (Å²) in [7, 11) is 1.97. The summed E-state index contributed by atoms with van der Waals surface area (Å²) in [5, 5.41) is 8.57. The van der Waals surface area contributed by atoms with Crippen molar-refractivity contribution < 1.29 is 4.74 Å². The van der Waals surface area contributed by atoms with Crippen molar-refractivity contribution >= 4 is 0 Å². The van der Waals surface area contributed by atoms with Crippen LogP contribution in [0.15, 0.2) is 36.7 Å². The van der Waals surface area contributed by atoms with E-state index in [4.69, 9.17) is 10.00 Å². The molecule has 18 heavy (non-hydrogen) atoms. The Bertz CT molecular complexity index is 537. The Morgan fingerprint density at radius 2 is 2.11 bits per heavy atom. The number of hydrogen-bond donors (Lipinski definition) is 0. The molecule has 92 valence electrons. The first-order valence-electron chi connectivity index (χ1n) is 5.84. The molecule has 4 heteroatoms. The molecule has 2 rings (SSSR count). The maximum absolute atomic E-state index is 8.57. The average molecular weight is 241 g/mol. The topological polar surface area (TPSA) is 50.8 Å². The lowest BCUT2D eigenvalue weighted by molar-refractivity contribution is 0.317. The lowest BCUT2D eigenvalue weighted by Gasteiger charge is -2.06. The van der Waals surface area contributed by atoms with Crippen LogP contribution in [0.25, 0.3) is 0 Å². The smallest absolute Gasteiger partial charge is 0.119 e. The van der Waals surface area contributed by atoms with Crippen LogP contribution in [0.4, 0.5) is 0 Å². The van der Waals surface area contributed by atoms with E-state index in [0.717, 1.165) is 23.6 Å². The Labute approximate surface area is 106 Å². The summed E-state index contributed by atoms with van der Waals surface area (Å²) in [6, 6.07) is 9.74. The van der Waals surface area contributed by atoms with E-state index in [1.165, 1.54) is 0 Å². The van der Waals surface area contributed by atoms with Crippen molar-refractivity contribution in [1.29, 1.82) is 5.26 Å². The van der Waals surface area contributed by atoms with Crippen molar-refractivity contribution in [3.63, 3.8) is 0 Å². The molecule has 0 fully saturated rings. The molecular formula is C14H15N3O. The van der Waals surface area contributed by atoms with Crippen molar-refractivity contribution in [2.45, 2.75) is 12.8 Å². The number of benzene rings is 1. The second kappa shape index (κ2) is 5.87. The van der Waals surface area contributed by atoms with Gasteiger partial charge in [0.15, 0.2) is 0 Å². The summed E-state index contributed by atoms with van der Waals surface area (Å²) in [4.78, 5) is 4.23. The Hall–Kier alpha value is -2.28. The summed E-state index contributed by atoms with van der Waals surface area (Å²) in [5.74, 6) is 1.84. The monoisotopic (exact) mass is 241 g/mol. The highest BCUT2D eigenvalue weighted by Gasteiger charge is 2.00. The number of rotatable bonds is 5. The van der Waals surface area contributed by atoms with E-state index in [0.29, 0.717) is 13.0 Å². The second-order valence-electron chi connectivity index (χ2n) is 4.03. The van der Waals surface area contributed by atoms with Crippen LogP contribution in [0.5, 0.6) is 5.75 Å². The predicted molar refractivity (Wildman–Crippen MR) is 68.2 cm³/mol. The first-order valence-corrected chi connectivity index (χ1v) is 5.84. The molecule has 0 spiro atoms. The molecule has 0 radical (unpaired) electrons. The zero-order valence-electron chi connectivity index (χ0n) is 10.3. The molecule has 0 aliphatic rings. The fourth-order valence-electron chi connectivity index (χ4n) is 1.69. The molecule has 4 nitrogen and oxygen atoms in total. The quantitative estimate of drug-likeness (QED) is 0.805. The van der Waals surface area contributed by atoms with E-state index in [1.54, 1.807) is 6.20 Å². The molecule has 2 aromatic rings. The van der Waals surface area contributed by atoms with Gasteiger partial charge in [0.25, 0.3) is 0 Å². The number of imidazole rings is 1. The Morgan fingerprint density at radius 3 is 2.72 bits per heavy atom. The van der Waals surface area contributed by atoms with Gasteiger partial charge in [0.05, 0.1) is 19.1 Å². The highest BCUT2D eigenvalue weighted by Crippen LogP contribution is 2.12. The third kappa shape index (κ3) is 3.11. The Morgan fingerprint density at radius 1 is 1.33 bits per heavy atom. The minimum Gasteiger partial charge on any atom is -0.493 e. The minimum atomic E-state index is 0.438. The summed E-state index contributed by atoms with van der Waals surface area (Å²) in [5.41, 5.74) is 1.01. The maximum Gasteiger partial charge on any atom is 0.119 e. The molecule has 0 unspecified atom stereocenters. The van der Waals surface area contributed by atoms with Crippen molar-refractivity contribution in [3.05, 3.63) is 48.0 Å². The van der Waals surface area contributed by atoms with Gasteiger partial charge in [0, 0.05) is 25.9 Å². The second-order valence-corrected chi connectivity index (χ2v) is 4.03. The molecule has 0 bridgehead atoms. The van der Waals surface area contributed by atoms with Gasteiger partial charge in [-0.05, 0) is 17.7 Å². The van der Waals surface area contributed by atoms with Crippen molar-refractivity contribution in [2.75, 3.05) is 6.61 Å². The van der Waals surface area contributed by atoms with Crippen LogP contribution in [-0.4, -0.2) is 16.2 Å². The SMILES string of the molecule is Cn1ccnc1CCOc1ccc(CC#N)cc1. The van der Waals surface area contributed by atoms with Gasteiger partial charge >= 0.3 is 0 Å². The number of nitrogens with zero attached hydrogens (tertiary/aromatic N) is 3. The lowest BCUT2D eigenvalue weighted by atomic mass is 10.2. The number of aryl methyl sites for hydroxylation is 1. The van der Waals surface area contributed by atoms with Gasteiger partial charge in [-0.2, -0.15) is 5.26 Å². The zero-order valence-corrected chi connectivity index (χ0v) is 10.3. The molecule has 1 heterocycles. The molecular weight excluding hydrogens is 226 g/mol. The summed E-state index contributed by atoms with van der Waals surface area (Å²) in [6.07, 6.45) is 4.93. The molecule has 0 atom stereocenters. The molecule has 0 saturated carbocycles. The van der Waals surface area contributed by atoms with Crippen LogP contribution in [0.1, 0.15) is 11.4 Å². The van der Waals surface area contributed by atoms with Gasteiger partial charge in [0.1, 0.15) is 11.6 Å². The Kier molecular flexibility index (Phi) is 3.98. The van der Waals surface area contributed by atoms with E-state index in [2.05, 4.69) is 11.1 Å². The van der Waals surface area contributed by atoms with Gasteiger partial charge in [-0.3, -0.25) is 0 Å².